The maximum Gasteiger partial charge on any atom is 0.242 e. The molecule has 1 aliphatic carbocycles. The first-order valence-corrected chi connectivity index (χ1v) is 6.66. The lowest BCUT2D eigenvalue weighted by Crippen LogP contribution is -2.63. The Hall–Kier alpha value is -0.610. The molecule has 0 aromatic heterocycles. The summed E-state index contributed by atoms with van der Waals surface area (Å²) in [7, 11) is 0. The van der Waals surface area contributed by atoms with Crippen LogP contribution < -0.4 is 5.73 Å². The molecule has 98 valence electrons. The van der Waals surface area contributed by atoms with Crippen LogP contribution in [-0.2, 0) is 4.79 Å². The molecule has 2 fully saturated rings. The standard InChI is InChI=1S/C13H25N3O/c1-12(2,3)16-9-7-15(8-10-16)11(17)13(14)5-4-6-13/h4-10,14H2,1-3H3. The van der Waals surface area contributed by atoms with Crippen LogP contribution in [0, 0.1) is 0 Å². The van der Waals surface area contributed by atoms with Gasteiger partial charge in [-0.25, -0.2) is 0 Å². The second kappa shape index (κ2) is 4.25. The predicted octanol–water partition coefficient (Wildman–Crippen LogP) is 0.811. The van der Waals surface area contributed by atoms with Gasteiger partial charge in [-0.05, 0) is 40.0 Å². The molecule has 0 aromatic carbocycles. The predicted molar refractivity (Wildman–Crippen MR) is 68.7 cm³/mol. The average Bonchev–Trinajstić information content (AvgIpc) is 2.24. The summed E-state index contributed by atoms with van der Waals surface area (Å²) in [6.45, 7) is 10.3. The van der Waals surface area contributed by atoms with E-state index in [1.54, 1.807) is 0 Å². The van der Waals surface area contributed by atoms with Crippen molar-refractivity contribution in [3.05, 3.63) is 0 Å². The van der Waals surface area contributed by atoms with E-state index in [-0.39, 0.29) is 11.4 Å². The van der Waals surface area contributed by atoms with Crippen molar-refractivity contribution in [1.82, 2.24) is 9.80 Å². The minimum atomic E-state index is -0.524. The van der Waals surface area contributed by atoms with E-state index in [1.807, 2.05) is 4.90 Å². The first-order chi connectivity index (χ1) is 7.83. The van der Waals surface area contributed by atoms with Gasteiger partial charge in [0.1, 0.15) is 0 Å². The Morgan fingerprint density at radius 2 is 1.65 bits per heavy atom. The number of rotatable bonds is 1. The fourth-order valence-electron chi connectivity index (χ4n) is 2.67. The number of nitrogens with zero attached hydrogens (tertiary/aromatic N) is 2. The molecule has 0 bridgehead atoms. The Balaban J connectivity index is 1.89. The largest absolute Gasteiger partial charge is 0.339 e. The van der Waals surface area contributed by atoms with E-state index >= 15 is 0 Å². The summed E-state index contributed by atoms with van der Waals surface area (Å²) in [5.41, 5.74) is 5.77. The molecule has 0 spiro atoms. The summed E-state index contributed by atoms with van der Waals surface area (Å²) < 4.78 is 0. The molecule has 17 heavy (non-hydrogen) atoms. The molecule has 2 N–H and O–H groups in total. The molecule has 1 amide bonds. The summed E-state index contributed by atoms with van der Waals surface area (Å²) in [6, 6.07) is 0. The van der Waals surface area contributed by atoms with Gasteiger partial charge >= 0.3 is 0 Å². The third-order valence-corrected chi connectivity index (χ3v) is 4.19. The third-order valence-electron chi connectivity index (χ3n) is 4.19. The molecule has 1 heterocycles. The Morgan fingerprint density at radius 3 is 2.00 bits per heavy atom. The van der Waals surface area contributed by atoms with Gasteiger partial charge in [0.15, 0.2) is 0 Å². The highest BCUT2D eigenvalue weighted by atomic mass is 16.2. The van der Waals surface area contributed by atoms with E-state index in [9.17, 15) is 4.79 Å². The van der Waals surface area contributed by atoms with Crippen LogP contribution in [-0.4, -0.2) is 53.0 Å². The van der Waals surface area contributed by atoms with Gasteiger partial charge < -0.3 is 10.6 Å². The summed E-state index contributed by atoms with van der Waals surface area (Å²) in [6.07, 6.45) is 2.83. The molecule has 4 heteroatoms. The molecule has 2 aliphatic rings. The van der Waals surface area contributed by atoms with Crippen LogP contribution in [0.1, 0.15) is 40.0 Å². The quantitative estimate of drug-likeness (QED) is 0.737. The second-order valence-electron chi connectivity index (χ2n) is 6.46. The summed E-state index contributed by atoms with van der Waals surface area (Å²) in [5, 5.41) is 0. The maximum absolute atomic E-state index is 12.2. The highest BCUT2D eigenvalue weighted by Crippen LogP contribution is 2.31. The van der Waals surface area contributed by atoms with Gasteiger partial charge in [-0.1, -0.05) is 0 Å². The molecule has 1 saturated carbocycles. The van der Waals surface area contributed by atoms with E-state index in [2.05, 4.69) is 25.7 Å². The van der Waals surface area contributed by atoms with Gasteiger partial charge in [-0.2, -0.15) is 0 Å². The molecule has 0 radical (unpaired) electrons. The smallest absolute Gasteiger partial charge is 0.242 e. The minimum absolute atomic E-state index is 0.178. The number of piperazine rings is 1. The first-order valence-electron chi connectivity index (χ1n) is 6.66. The van der Waals surface area contributed by atoms with Gasteiger partial charge in [0, 0.05) is 31.7 Å². The zero-order valence-corrected chi connectivity index (χ0v) is 11.3. The van der Waals surface area contributed by atoms with Crippen LogP contribution >= 0.6 is 0 Å². The fourth-order valence-corrected chi connectivity index (χ4v) is 2.67. The van der Waals surface area contributed by atoms with Gasteiger partial charge in [-0.15, -0.1) is 0 Å². The Morgan fingerprint density at radius 1 is 1.12 bits per heavy atom. The number of hydrogen-bond acceptors (Lipinski definition) is 3. The lowest BCUT2D eigenvalue weighted by atomic mass is 9.76. The molecular formula is C13H25N3O. The SMILES string of the molecule is CC(C)(C)N1CCN(C(=O)C2(N)CCC2)CC1. The van der Waals surface area contributed by atoms with E-state index in [0.29, 0.717) is 0 Å². The number of carbonyl (C=O) groups excluding carboxylic acids is 1. The molecule has 1 saturated heterocycles. The lowest BCUT2D eigenvalue weighted by Gasteiger charge is -2.46. The van der Waals surface area contributed by atoms with Crippen LogP contribution in [0.25, 0.3) is 0 Å². The summed E-state index contributed by atoms with van der Waals surface area (Å²) in [5.74, 6) is 0.178. The normalized spacial score (nSPS) is 25.5. The van der Waals surface area contributed by atoms with Crippen molar-refractivity contribution < 1.29 is 4.79 Å². The van der Waals surface area contributed by atoms with Gasteiger partial charge in [-0.3, -0.25) is 9.69 Å². The van der Waals surface area contributed by atoms with Crippen molar-refractivity contribution in [1.29, 1.82) is 0 Å². The minimum Gasteiger partial charge on any atom is -0.339 e. The van der Waals surface area contributed by atoms with Gasteiger partial charge in [0.25, 0.3) is 0 Å². The number of amides is 1. The van der Waals surface area contributed by atoms with Gasteiger partial charge in [0.2, 0.25) is 5.91 Å². The number of carbonyl (C=O) groups is 1. The Bertz CT molecular complexity index is 296. The van der Waals surface area contributed by atoms with Crippen molar-refractivity contribution in [2.45, 2.75) is 51.1 Å². The average molecular weight is 239 g/mol. The van der Waals surface area contributed by atoms with E-state index in [4.69, 9.17) is 5.73 Å². The zero-order valence-electron chi connectivity index (χ0n) is 11.3. The molecule has 2 rings (SSSR count). The van der Waals surface area contributed by atoms with Crippen LogP contribution in [0.2, 0.25) is 0 Å². The zero-order chi connectivity index (χ0) is 12.7. The molecular weight excluding hydrogens is 214 g/mol. The van der Waals surface area contributed by atoms with Crippen LogP contribution in [0.3, 0.4) is 0 Å². The van der Waals surface area contributed by atoms with Crippen LogP contribution in [0.4, 0.5) is 0 Å². The van der Waals surface area contributed by atoms with Gasteiger partial charge in [0.05, 0.1) is 5.54 Å². The molecule has 4 nitrogen and oxygen atoms in total. The highest BCUT2D eigenvalue weighted by molar-refractivity contribution is 5.87. The maximum atomic E-state index is 12.2. The fraction of sp³-hybridized carbons (Fsp3) is 0.923. The summed E-state index contributed by atoms with van der Waals surface area (Å²) in [4.78, 5) is 16.6. The topological polar surface area (TPSA) is 49.6 Å². The van der Waals surface area contributed by atoms with Crippen molar-refractivity contribution in [2.24, 2.45) is 5.73 Å². The molecule has 1 aliphatic heterocycles. The monoisotopic (exact) mass is 239 g/mol. The lowest BCUT2D eigenvalue weighted by molar-refractivity contribution is -0.142. The summed E-state index contributed by atoms with van der Waals surface area (Å²) >= 11 is 0. The number of nitrogens with two attached hydrogens (primary N) is 1. The highest BCUT2D eigenvalue weighted by Gasteiger charge is 2.43. The van der Waals surface area contributed by atoms with Crippen molar-refractivity contribution >= 4 is 5.91 Å². The third kappa shape index (κ3) is 2.47. The van der Waals surface area contributed by atoms with Crippen LogP contribution in [0.5, 0.6) is 0 Å². The van der Waals surface area contributed by atoms with Crippen LogP contribution in [0.15, 0.2) is 0 Å². The van der Waals surface area contributed by atoms with E-state index in [0.717, 1.165) is 45.4 Å². The molecule has 0 unspecified atom stereocenters. The number of hydrogen-bond donors (Lipinski definition) is 1. The molecule has 0 atom stereocenters. The Labute approximate surface area is 104 Å². The Kier molecular flexibility index (Phi) is 3.21. The molecule has 0 aromatic rings. The van der Waals surface area contributed by atoms with Crippen molar-refractivity contribution in [3.8, 4) is 0 Å². The van der Waals surface area contributed by atoms with Crippen molar-refractivity contribution in [2.75, 3.05) is 26.2 Å². The van der Waals surface area contributed by atoms with Crippen molar-refractivity contribution in [3.63, 3.8) is 0 Å². The first kappa shape index (κ1) is 12.8. The van der Waals surface area contributed by atoms with E-state index in [1.165, 1.54) is 0 Å². The second-order valence-corrected chi connectivity index (χ2v) is 6.46. The van der Waals surface area contributed by atoms with E-state index < -0.39 is 5.54 Å².